The maximum Gasteiger partial charge on any atom is 0.191 e. The summed E-state index contributed by atoms with van der Waals surface area (Å²) < 4.78 is 16.7. The van der Waals surface area contributed by atoms with Gasteiger partial charge in [-0.05, 0) is 43.4 Å². The fourth-order valence-electron chi connectivity index (χ4n) is 3.38. The zero-order chi connectivity index (χ0) is 18.7. The Kier molecular flexibility index (Phi) is 8.24. The second-order valence-corrected chi connectivity index (χ2v) is 7.14. The van der Waals surface area contributed by atoms with Crippen LogP contribution in [-0.2, 0) is 22.3 Å². The van der Waals surface area contributed by atoms with Crippen molar-refractivity contribution < 1.29 is 14.2 Å². The van der Waals surface area contributed by atoms with Crippen LogP contribution in [0.15, 0.2) is 23.2 Å². The van der Waals surface area contributed by atoms with Gasteiger partial charge in [0.05, 0.1) is 19.8 Å². The van der Waals surface area contributed by atoms with E-state index >= 15 is 0 Å². The van der Waals surface area contributed by atoms with E-state index in [1.807, 2.05) is 0 Å². The van der Waals surface area contributed by atoms with Gasteiger partial charge in [0.1, 0.15) is 5.75 Å². The maximum atomic E-state index is 5.73. The lowest BCUT2D eigenvalue weighted by molar-refractivity contribution is 0.0893. The van der Waals surface area contributed by atoms with Crippen LogP contribution in [0.4, 0.5) is 0 Å². The van der Waals surface area contributed by atoms with Crippen LogP contribution in [-0.4, -0.2) is 58.6 Å². The molecule has 6 heteroatoms. The normalized spacial score (nSPS) is 19.0. The second kappa shape index (κ2) is 11.1. The molecule has 2 aliphatic rings. The molecule has 3 rings (SSSR count). The molecule has 0 amide bonds. The molecule has 1 atom stereocenters. The molecule has 1 fully saturated rings. The minimum atomic E-state index is 0.582. The van der Waals surface area contributed by atoms with Crippen molar-refractivity contribution in [2.24, 2.45) is 10.9 Å². The van der Waals surface area contributed by atoms with Crippen LogP contribution in [0.3, 0.4) is 0 Å². The predicted molar refractivity (Wildman–Crippen MR) is 108 cm³/mol. The molecule has 1 unspecified atom stereocenters. The number of fused-ring (bicyclic) bond motifs is 1. The topological polar surface area (TPSA) is 64.1 Å². The minimum absolute atomic E-state index is 0.582. The number of nitrogens with zero attached hydrogens (tertiary/aromatic N) is 1. The molecule has 27 heavy (non-hydrogen) atoms. The number of rotatable bonds is 10. The van der Waals surface area contributed by atoms with Crippen molar-refractivity contribution in [3.05, 3.63) is 29.3 Å². The summed E-state index contributed by atoms with van der Waals surface area (Å²) >= 11 is 0. The number of benzene rings is 1. The van der Waals surface area contributed by atoms with Crippen molar-refractivity contribution in [2.75, 3.05) is 52.7 Å². The third-order valence-corrected chi connectivity index (χ3v) is 4.90. The first-order valence-electron chi connectivity index (χ1n) is 10.3. The largest absolute Gasteiger partial charge is 0.493 e. The van der Waals surface area contributed by atoms with Crippen molar-refractivity contribution in [3.8, 4) is 5.75 Å². The molecule has 0 aromatic heterocycles. The summed E-state index contributed by atoms with van der Waals surface area (Å²) in [5.74, 6) is 2.51. The van der Waals surface area contributed by atoms with Crippen molar-refractivity contribution in [1.29, 1.82) is 0 Å². The van der Waals surface area contributed by atoms with E-state index in [4.69, 9.17) is 14.2 Å². The average molecular weight is 376 g/mol. The minimum Gasteiger partial charge on any atom is -0.493 e. The summed E-state index contributed by atoms with van der Waals surface area (Å²) in [7, 11) is 0. The summed E-state index contributed by atoms with van der Waals surface area (Å²) in [6, 6.07) is 6.51. The number of aliphatic imine (C=N–C) groups is 1. The van der Waals surface area contributed by atoms with E-state index in [1.54, 1.807) is 0 Å². The number of ether oxygens (including phenoxy) is 3. The van der Waals surface area contributed by atoms with Gasteiger partial charge < -0.3 is 24.8 Å². The Morgan fingerprint density at radius 1 is 1.30 bits per heavy atom. The molecule has 1 aromatic carbocycles. The quantitative estimate of drug-likeness (QED) is 0.373. The zero-order valence-corrected chi connectivity index (χ0v) is 16.5. The Balaban J connectivity index is 1.32. The Labute approximate surface area is 162 Å². The third kappa shape index (κ3) is 6.70. The van der Waals surface area contributed by atoms with Crippen LogP contribution in [0.5, 0.6) is 5.75 Å². The first kappa shape index (κ1) is 20.0. The van der Waals surface area contributed by atoms with Gasteiger partial charge in [0.15, 0.2) is 5.96 Å². The van der Waals surface area contributed by atoms with Gasteiger partial charge in [0.2, 0.25) is 0 Å². The van der Waals surface area contributed by atoms with Crippen LogP contribution in [0.2, 0.25) is 0 Å². The molecule has 2 heterocycles. The molecule has 150 valence electrons. The fourth-order valence-corrected chi connectivity index (χ4v) is 3.38. The molecule has 0 aliphatic carbocycles. The molecule has 0 radical (unpaired) electrons. The van der Waals surface area contributed by atoms with Gasteiger partial charge in [0, 0.05) is 45.2 Å². The summed E-state index contributed by atoms with van der Waals surface area (Å²) in [4.78, 5) is 4.64. The SMILES string of the molecule is CCNC(=NCCCOCC1CCOC1)NCCc1ccc2c(c1)CCO2. The van der Waals surface area contributed by atoms with Crippen LogP contribution in [0.1, 0.15) is 30.9 Å². The maximum absolute atomic E-state index is 5.73. The standard InChI is InChI=1S/C21H33N3O3/c1-2-22-21(23-9-3-11-25-15-18-7-12-26-16-18)24-10-6-17-4-5-20-19(14-17)8-13-27-20/h4-5,14,18H,2-3,6-13,15-16H2,1H3,(H2,22,23,24). The number of hydrogen-bond acceptors (Lipinski definition) is 4. The highest BCUT2D eigenvalue weighted by Gasteiger charge is 2.15. The molecule has 2 aliphatic heterocycles. The lowest BCUT2D eigenvalue weighted by Crippen LogP contribution is -2.38. The number of hydrogen-bond donors (Lipinski definition) is 2. The predicted octanol–water partition coefficient (Wildman–Crippen LogP) is 2.16. The Bertz CT molecular complexity index is 600. The fraction of sp³-hybridized carbons (Fsp3) is 0.667. The summed E-state index contributed by atoms with van der Waals surface area (Å²) in [5, 5.41) is 6.73. The molecule has 0 saturated carbocycles. The summed E-state index contributed by atoms with van der Waals surface area (Å²) in [6.07, 6.45) is 4.07. The lowest BCUT2D eigenvalue weighted by atomic mass is 10.1. The monoisotopic (exact) mass is 375 g/mol. The number of guanidine groups is 1. The molecule has 1 saturated heterocycles. The van der Waals surface area contributed by atoms with Crippen LogP contribution < -0.4 is 15.4 Å². The van der Waals surface area contributed by atoms with Crippen molar-refractivity contribution in [2.45, 2.75) is 32.6 Å². The molecular formula is C21H33N3O3. The van der Waals surface area contributed by atoms with E-state index in [0.717, 1.165) is 90.1 Å². The van der Waals surface area contributed by atoms with Crippen molar-refractivity contribution in [3.63, 3.8) is 0 Å². The van der Waals surface area contributed by atoms with Crippen molar-refractivity contribution >= 4 is 5.96 Å². The third-order valence-electron chi connectivity index (χ3n) is 4.90. The first-order valence-corrected chi connectivity index (χ1v) is 10.3. The Morgan fingerprint density at radius 3 is 3.11 bits per heavy atom. The van der Waals surface area contributed by atoms with E-state index in [9.17, 15) is 0 Å². The summed E-state index contributed by atoms with van der Waals surface area (Å²) in [5.41, 5.74) is 2.67. The molecule has 2 N–H and O–H groups in total. The van der Waals surface area contributed by atoms with Gasteiger partial charge in [-0.1, -0.05) is 12.1 Å². The zero-order valence-electron chi connectivity index (χ0n) is 16.5. The molecule has 0 bridgehead atoms. The lowest BCUT2D eigenvalue weighted by Gasteiger charge is -2.12. The van der Waals surface area contributed by atoms with Gasteiger partial charge >= 0.3 is 0 Å². The van der Waals surface area contributed by atoms with Gasteiger partial charge in [0.25, 0.3) is 0 Å². The van der Waals surface area contributed by atoms with Gasteiger partial charge in [-0.3, -0.25) is 4.99 Å². The van der Waals surface area contributed by atoms with E-state index < -0.39 is 0 Å². The molecule has 1 aromatic rings. The van der Waals surface area contributed by atoms with Crippen LogP contribution >= 0.6 is 0 Å². The van der Waals surface area contributed by atoms with E-state index in [2.05, 4.69) is 40.7 Å². The highest BCUT2D eigenvalue weighted by molar-refractivity contribution is 5.79. The average Bonchev–Trinajstić information content (AvgIpc) is 3.35. The van der Waals surface area contributed by atoms with E-state index in [0.29, 0.717) is 5.92 Å². The Morgan fingerprint density at radius 2 is 2.26 bits per heavy atom. The highest BCUT2D eigenvalue weighted by Crippen LogP contribution is 2.25. The second-order valence-electron chi connectivity index (χ2n) is 7.14. The number of nitrogens with one attached hydrogen (secondary N) is 2. The molecular weight excluding hydrogens is 342 g/mol. The highest BCUT2D eigenvalue weighted by atomic mass is 16.5. The van der Waals surface area contributed by atoms with Crippen LogP contribution in [0.25, 0.3) is 0 Å². The van der Waals surface area contributed by atoms with E-state index in [-0.39, 0.29) is 0 Å². The van der Waals surface area contributed by atoms with Crippen LogP contribution in [0, 0.1) is 5.92 Å². The first-order chi connectivity index (χ1) is 13.3. The van der Waals surface area contributed by atoms with E-state index in [1.165, 1.54) is 11.1 Å². The van der Waals surface area contributed by atoms with Crippen molar-refractivity contribution in [1.82, 2.24) is 10.6 Å². The molecule has 6 nitrogen and oxygen atoms in total. The van der Waals surface area contributed by atoms with Gasteiger partial charge in [-0.25, -0.2) is 0 Å². The molecule has 0 spiro atoms. The van der Waals surface area contributed by atoms with Gasteiger partial charge in [-0.15, -0.1) is 0 Å². The Hall–Kier alpha value is -1.79. The summed E-state index contributed by atoms with van der Waals surface area (Å²) in [6.45, 7) is 8.71. The smallest absolute Gasteiger partial charge is 0.191 e. The van der Waals surface area contributed by atoms with Gasteiger partial charge in [-0.2, -0.15) is 0 Å².